The molecule has 7 rings (SSSR count). The Morgan fingerprint density at radius 1 is 0.706 bits per heavy atom. The van der Waals surface area contributed by atoms with Gasteiger partial charge in [-0.15, -0.1) is 0 Å². The monoisotopic (exact) mass is 443 g/mol. The van der Waals surface area contributed by atoms with Crippen molar-refractivity contribution < 1.29 is 0 Å². The first-order valence-corrected chi connectivity index (χ1v) is 13.4. The normalized spacial score (nSPS) is 18.0. The molecule has 170 valence electrons. The number of pyridine rings is 1. The summed E-state index contributed by atoms with van der Waals surface area (Å²) in [7, 11) is 0. The summed E-state index contributed by atoms with van der Waals surface area (Å²) in [6, 6.07) is 21.1. The maximum absolute atomic E-state index is 5.23. The van der Waals surface area contributed by atoms with Crippen LogP contribution in [0.2, 0.25) is 0 Å². The van der Waals surface area contributed by atoms with Crippen molar-refractivity contribution in [1.82, 2.24) is 4.98 Å². The molecule has 4 aromatic rings. The van der Waals surface area contributed by atoms with E-state index in [2.05, 4.69) is 67.7 Å². The summed E-state index contributed by atoms with van der Waals surface area (Å²) in [5, 5.41) is 2.84. The summed E-state index contributed by atoms with van der Waals surface area (Å²) < 4.78 is 0. The molecular formula is C33H33N. The van der Waals surface area contributed by atoms with E-state index in [-0.39, 0.29) is 0 Å². The number of nitrogens with zero attached hydrogens (tertiary/aromatic N) is 1. The van der Waals surface area contributed by atoms with Gasteiger partial charge < -0.3 is 0 Å². The lowest BCUT2D eigenvalue weighted by Crippen LogP contribution is -2.01. The number of hydrogen-bond acceptors (Lipinski definition) is 1. The average molecular weight is 444 g/mol. The second-order valence-corrected chi connectivity index (χ2v) is 11.0. The Bertz CT molecular complexity index is 1400. The minimum atomic E-state index is 0.676. The molecule has 1 nitrogen and oxygen atoms in total. The molecule has 0 bridgehead atoms. The molecule has 34 heavy (non-hydrogen) atoms. The molecule has 0 spiro atoms. The van der Waals surface area contributed by atoms with Crippen LogP contribution in [0, 0.1) is 6.92 Å². The van der Waals surface area contributed by atoms with Crippen molar-refractivity contribution in [2.45, 2.75) is 76.5 Å². The van der Waals surface area contributed by atoms with Crippen LogP contribution in [0.1, 0.15) is 91.0 Å². The molecule has 2 fully saturated rings. The highest BCUT2D eigenvalue weighted by Gasteiger charge is 2.26. The zero-order valence-corrected chi connectivity index (χ0v) is 20.2. The first kappa shape index (κ1) is 20.4. The zero-order valence-electron chi connectivity index (χ0n) is 20.2. The number of fused-ring (bicyclic) bond motifs is 4. The first-order valence-electron chi connectivity index (χ1n) is 13.4. The summed E-state index contributed by atoms with van der Waals surface area (Å²) in [6.07, 6.45) is 14.1. The SMILES string of the molecule is Cc1cc2c(c(-c3ncc(C4CCCC4)c4cc(C5CCCC5)ccc34)c1)Cc1ccccc1-2. The molecule has 0 aliphatic heterocycles. The molecule has 2 saturated carbocycles. The topological polar surface area (TPSA) is 12.9 Å². The molecule has 1 heteroatoms. The maximum Gasteiger partial charge on any atom is 0.0783 e. The molecule has 1 aromatic heterocycles. The van der Waals surface area contributed by atoms with Crippen LogP contribution in [0.15, 0.2) is 60.8 Å². The van der Waals surface area contributed by atoms with E-state index in [4.69, 9.17) is 4.98 Å². The minimum Gasteiger partial charge on any atom is -0.255 e. The van der Waals surface area contributed by atoms with Crippen LogP contribution in [0.5, 0.6) is 0 Å². The minimum absolute atomic E-state index is 0.676. The van der Waals surface area contributed by atoms with Crippen molar-refractivity contribution >= 4 is 10.8 Å². The first-order chi connectivity index (χ1) is 16.8. The fourth-order valence-corrected chi connectivity index (χ4v) is 7.16. The molecule has 3 aromatic carbocycles. The molecule has 0 radical (unpaired) electrons. The van der Waals surface area contributed by atoms with Crippen molar-refractivity contribution in [3.05, 3.63) is 88.6 Å². The van der Waals surface area contributed by atoms with Gasteiger partial charge in [0, 0.05) is 17.1 Å². The highest BCUT2D eigenvalue weighted by Crippen LogP contribution is 2.46. The summed E-state index contributed by atoms with van der Waals surface area (Å²) in [4.78, 5) is 5.23. The third-order valence-corrected chi connectivity index (χ3v) is 8.89. The Hall–Kier alpha value is -2.93. The average Bonchev–Trinajstić information content (AvgIpc) is 3.64. The predicted octanol–water partition coefficient (Wildman–Crippen LogP) is 9.10. The van der Waals surface area contributed by atoms with Crippen LogP contribution < -0.4 is 0 Å². The predicted molar refractivity (Wildman–Crippen MR) is 143 cm³/mol. The zero-order chi connectivity index (χ0) is 22.6. The van der Waals surface area contributed by atoms with Gasteiger partial charge in [-0.2, -0.15) is 0 Å². The summed E-state index contributed by atoms with van der Waals surface area (Å²) in [5.74, 6) is 1.42. The van der Waals surface area contributed by atoms with Gasteiger partial charge in [0.05, 0.1) is 5.69 Å². The highest BCUT2D eigenvalue weighted by molar-refractivity contribution is 5.99. The Labute approximate surface area is 203 Å². The number of benzene rings is 3. The molecule has 1 heterocycles. The fraction of sp³-hybridized carbons (Fsp3) is 0.364. The van der Waals surface area contributed by atoms with Gasteiger partial charge in [-0.3, -0.25) is 4.98 Å². The van der Waals surface area contributed by atoms with Crippen LogP contribution in [0.25, 0.3) is 33.2 Å². The Morgan fingerprint density at radius 2 is 1.44 bits per heavy atom. The third kappa shape index (κ3) is 3.24. The van der Waals surface area contributed by atoms with E-state index >= 15 is 0 Å². The number of rotatable bonds is 3. The highest BCUT2D eigenvalue weighted by atomic mass is 14.7. The van der Waals surface area contributed by atoms with Gasteiger partial charge in [0.2, 0.25) is 0 Å². The van der Waals surface area contributed by atoms with Crippen LogP contribution >= 0.6 is 0 Å². The number of aryl methyl sites for hydroxylation is 1. The van der Waals surface area contributed by atoms with Crippen molar-refractivity contribution in [2.75, 3.05) is 0 Å². The van der Waals surface area contributed by atoms with Gasteiger partial charge in [-0.1, -0.05) is 74.2 Å². The number of aromatic nitrogens is 1. The van der Waals surface area contributed by atoms with E-state index in [1.807, 2.05) is 0 Å². The largest absolute Gasteiger partial charge is 0.255 e. The van der Waals surface area contributed by atoms with Gasteiger partial charge in [-0.05, 0) is 101 Å². The van der Waals surface area contributed by atoms with Gasteiger partial charge >= 0.3 is 0 Å². The second kappa shape index (κ2) is 8.08. The van der Waals surface area contributed by atoms with Crippen molar-refractivity contribution in [1.29, 1.82) is 0 Å². The van der Waals surface area contributed by atoms with E-state index in [1.165, 1.54) is 107 Å². The van der Waals surface area contributed by atoms with Crippen LogP contribution in [0.3, 0.4) is 0 Å². The molecular weight excluding hydrogens is 410 g/mol. The summed E-state index contributed by atoms with van der Waals surface area (Å²) in [6.45, 7) is 2.23. The molecule has 0 N–H and O–H groups in total. The van der Waals surface area contributed by atoms with E-state index in [1.54, 1.807) is 5.56 Å². The summed E-state index contributed by atoms with van der Waals surface area (Å²) in [5.41, 5.74) is 12.6. The summed E-state index contributed by atoms with van der Waals surface area (Å²) >= 11 is 0. The Balaban J connectivity index is 1.44. The second-order valence-electron chi connectivity index (χ2n) is 11.0. The lowest BCUT2D eigenvalue weighted by Gasteiger charge is -2.19. The molecule has 3 aliphatic rings. The van der Waals surface area contributed by atoms with Gasteiger partial charge in [0.15, 0.2) is 0 Å². The maximum atomic E-state index is 5.23. The van der Waals surface area contributed by atoms with Crippen LogP contribution in [0.4, 0.5) is 0 Å². The van der Waals surface area contributed by atoms with E-state index in [0.29, 0.717) is 5.92 Å². The van der Waals surface area contributed by atoms with Crippen LogP contribution in [-0.2, 0) is 6.42 Å². The number of hydrogen-bond donors (Lipinski definition) is 0. The fourth-order valence-electron chi connectivity index (χ4n) is 7.16. The molecule has 0 atom stereocenters. The van der Waals surface area contributed by atoms with E-state index in [0.717, 1.165) is 12.3 Å². The molecule has 0 saturated heterocycles. The quantitative estimate of drug-likeness (QED) is 0.271. The lowest BCUT2D eigenvalue weighted by atomic mass is 9.87. The van der Waals surface area contributed by atoms with Gasteiger partial charge in [0.1, 0.15) is 0 Å². The van der Waals surface area contributed by atoms with Gasteiger partial charge in [-0.25, -0.2) is 0 Å². The van der Waals surface area contributed by atoms with E-state index < -0.39 is 0 Å². The van der Waals surface area contributed by atoms with Crippen molar-refractivity contribution in [3.63, 3.8) is 0 Å². The van der Waals surface area contributed by atoms with Gasteiger partial charge in [0.25, 0.3) is 0 Å². The van der Waals surface area contributed by atoms with Crippen molar-refractivity contribution in [2.24, 2.45) is 0 Å². The van der Waals surface area contributed by atoms with E-state index in [9.17, 15) is 0 Å². The molecule has 0 unspecified atom stereocenters. The third-order valence-electron chi connectivity index (χ3n) is 8.89. The van der Waals surface area contributed by atoms with Crippen molar-refractivity contribution in [3.8, 4) is 22.4 Å². The smallest absolute Gasteiger partial charge is 0.0783 e. The Kier molecular flexibility index (Phi) is 4.86. The van der Waals surface area contributed by atoms with Crippen LogP contribution in [-0.4, -0.2) is 4.98 Å². The lowest BCUT2D eigenvalue weighted by molar-refractivity contribution is 0.719. The molecule has 0 amide bonds. The standard InChI is InChI=1S/C33H33N/c1-21-16-28-26-13-7-6-12-25(26)19-30(28)31(17-21)33-27-15-14-24(22-8-2-3-9-22)18-29(27)32(20-34-33)23-10-4-5-11-23/h6-7,12-18,20,22-23H,2-5,8-11,19H2,1H3. The Morgan fingerprint density at radius 3 is 2.26 bits per heavy atom. The molecule has 3 aliphatic carbocycles.